The van der Waals surface area contributed by atoms with Crippen LogP contribution in [0.3, 0.4) is 0 Å². The van der Waals surface area contributed by atoms with Crippen LogP contribution in [-0.4, -0.2) is 83.0 Å². The van der Waals surface area contributed by atoms with Crippen LogP contribution in [0, 0.1) is 0 Å². The first kappa shape index (κ1) is 25.0. The van der Waals surface area contributed by atoms with Gasteiger partial charge in [-0.25, -0.2) is 0 Å². The van der Waals surface area contributed by atoms with Crippen LogP contribution in [0.5, 0.6) is 5.75 Å². The number of nitrogens with zero attached hydrogens (tertiary/aromatic N) is 3. The van der Waals surface area contributed by atoms with E-state index in [-0.39, 0.29) is 24.0 Å². The molecule has 30 heavy (non-hydrogen) atoms. The average molecular weight is 531 g/mol. The van der Waals surface area contributed by atoms with E-state index in [1.807, 2.05) is 12.1 Å². The largest absolute Gasteiger partial charge is 0.497 e. The highest BCUT2D eigenvalue weighted by Crippen LogP contribution is 2.20. The van der Waals surface area contributed by atoms with Gasteiger partial charge in [-0.05, 0) is 57.0 Å². The lowest BCUT2D eigenvalue weighted by Gasteiger charge is -2.36. The van der Waals surface area contributed by atoms with Crippen LogP contribution in [0.15, 0.2) is 29.3 Å². The zero-order chi connectivity index (χ0) is 20.3. The summed E-state index contributed by atoms with van der Waals surface area (Å²) in [4.78, 5) is 9.68. The number of hydrogen-bond donors (Lipinski definition) is 2. The van der Waals surface area contributed by atoms with E-state index in [1.165, 1.54) is 5.69 Å². The molecule has 0 aromatic heterocycles. The number of rotatable bonds is 9. The Morgan fingerprint density at radius 3 is 2.57 bits per heavy atom. The summed E-state index contributed by atoms with van der Waals surface area (Å²) < 4.78 is 10.9. The zero-order valence-corrected chi connectivity index (χ0v) is 20.8. The quantitative estimate of drug-likeness (QED) is 0.221. The average Bonchev–Trinajstić information content (AvgIpc) is 3.29. The van der Waals surface area contributed by atoms with Crippen molar-refractivity contribution in [2.75, 3.05) is 71.0 Å². The molecule has 2 fully saturated rings. The molecule has 2 saturated heterocycles. The first-order valence-electron chi connectivity index (χ1n) is 11.0. The second-order valence-corrected chi connectivity index (χ2v) is 7.66. The number of hydrogen-bond acceptors (Lipinski definition) is 5. The van der Waals surface area contributed by atoms with Crippen molar-refractivity contribution in [2.45, 2.75) is 32.3 Å². The van der Waals surface area contributed by atoms with Crippen LogP contribution < -0.4 is 20.3 Å². The highest BCUT2D eigenvalue weighted by Gasteiger charge is 2.17. The van der Waals surface area contributed by atoms with Crippen LogP contribution in [0.2, 0.25) is 0 Å². The van der Waals surface area contributed by atoms with E-state index in [9.17, 15) is 0 Å². The maximum Gasteiger partial charge on any atom is 0.191 e. The van der Waals surface area contributed by atoms with Gasteiger partial charge in [-0.3, -0.25) is 9.89 Å². The van der Waals surface area contributed by atoms with Gasteiger partial charge in [-0.2, -0.15) is 0 Å². The summed E-state index contributed by atoms with van der Waals surface area (Å²) in [7, 11) is 1.71. The van der Waals surface area contributed by atoms with Gasteiger partial charge in [0.2, 0.25) is 0 Å². The zero-order valence-electron chi connectivity index (χ0n) is 18.4. The van der Waals surface area contributed by atoms with Gasteiger partial charge in [0.15, 0.2) is 5.96 Å². The fourth-order valence-electron chi connectivity index (χ4n) is 3.86. The SMILES string of the molecule is CCNC(=NCC1CCCO1)NCCCN1CCN(c2ccc(OC)cc2)CC1.I. The van der Waals surface area contributed by atoms with Crippen LogP contribution in [0.4, 0.5) is 5.69 Å². The van der Waals surface area contributed by atoms with Crippen LogP contribution in [-0.2, 0) is 4.74 Å². The topological polar surface area (TPSA) is 61.4 Å². The van der Waals surface area contributed by atoms with Crippen molar-refractivity contribution in [3.05, 3.63) is 24.3 Å². The van der Waals surface area contributed by atoms with E-state index in [4.69, 9.17) is 9.47 Å². The summed E-state index contributed by atoms with van der Waals surface area (Å²) in [5, 5.41) is 6.80. The molecule has 8 heteroatoms. The van der Waals surface area contributed by atoms with Crippen LogP contribution in [0.25, 0.3) is 0 Å². The summed E-state index contributed by atoms with van der Waals surface area (Å²) in [6.45, 7) is 11.0. The minimum absolute atomic E-state index is 0. The molecule has 0 spiro atoms. The van der Waals surface area contributed by atoms with Gasteiger partial charge in [0.1, 0.15) is 5.75 Å². The number of piperazine rings is 1. The maximum atomic E-state index is 5.66. The second kappa shape index (κ2) is 13.9. The molecule has 2 N–H and O–H groups in total. The number of halogens is 1. The summed E-state index contributed by atoms with van der Waals surface area (Å²) in [5.74, 6) is 1.82. The van der Waals surface area contributed by atoms with Crippen molar-refractivity contribution < 1.29 is 9.47 Å². The molecular formula is C22H38IN5O2. The van der Waals surface area contributed by atoms with Crippen molar-refractivity contribution in [2.24, 2.45) is 4.99 Å². The predicted octanol–water partition coefficient (Wildman–Crippen LogP) is 2.56. The van der Waals surface area contributed by atoms with Gasteiger partial charge in [0.05, 0.1) is 19.8 Å². The number of methoxy groups -OCH3 is 1. The standard InChI is InChI=1S/C22H37N5O2.HI/c1-3-23-22(25-18-21-6-4-17-29-21)24-11-5-12-26-13-15-27(16-14-26)19-7-9-20(28-2)10-8-19;/h7-10,21H,3-6,11-18H2,1-2H3,(H2,23,24,25);1H. The monoisotopic (exact) mass is 531 g/mol. The molecule has 1 aromatic carbocycles. The molecule has 2 aliphatic heterocycles. The van der Waals surface area contributed by atoms with Crippen molar-refractivity contribution >= 4 is 35.6 Å². The molecule has 1 aromatic rings. The van der Waals surface area contributed by atoms with Gasteiger partial charge in [0.25, 0.3) is 0 Å². The van der Waals surface area contributed by atoms with Crippen LogP contribution in [0.1, 0.15) is 26.2 Å². The Bertz CT molecular complexity index is 614. The van der Waals surface area contributed by atoms with E-state index < -0.39 is 0 Å². The summed E-state index contributed by atoms with van der Waals surface area (Å²) in [5.41, 5.74) is 1.28. The molecule has 1 atom stereocenters. The first-order chi connectivity index (χ1) is 14.3. The maximum absolute atomic E-state index is 5.66. The van der Waals surface area contributed by atoms with Crippen molar-refractivity contribution in [3.8, 4) is 5.75 Å². The minimum Gasteiger partial charge on any atom is -0.497 e. The lowest BCUT2D eigenvalue weighted by Crippen LogP contribution is -2.47. The Hall–Kier alpha value is -1.26. The fourth-order valence-corrected chi connectivity index (χ4v) is 3.86. The predicted molar refractivity (Wildman–Crippen MR) is 135 cm³/mol. The lowest BCUT2D eigenvalue weighted by molar-refractivity contribution is 0.117. The molecule has 1 unspecified atom stereocenters. The molecule has 0 aliphatic carbocycles. The Labute approximate surface area is 198 Å². The number of benzene rings is 1. The van der Waals surface area contributed by atoms with Gasteiger partial charge in [-0.1, -0.05) is 0 Å². The third kappa shape index (κ3) is 8.11. The van der Waals surface area contributed by atoms with E-state index in [2.05, 4.69) is 44.5 Å². The molecule has 2 heterocycles. The van der Waals surface area contributed by atoms with Crippen molar-refractivity contribution in [3.63, 3.8) is 0 Å². The Kier molecular flexibility index (Phi) is 11.6. The molecule has 0 bridgehead atoms. The number of aliphatic imine (C=N–C) groups is 1. The van der Waals surface area contributed by atoms with Crippen LogP contribution >= 0.6 is 24.0 Å². The highest BCUT2D eigenvalue weighted by molar-refractivity contribution is 14.0. The second-order valence-electron chi connectivity index (χ2n) is 7.66. The number of nitrogens with one attached hydrogen (secondary N) is 2. The van der Waals surface area contributed by atoms with E-state index in [0.29, 0.717) is 6.10 Å². The Morgan fingerprint density at radius 1 is 1.17 bits per heavy atom. The molecule has 0 radical (unpaired) electrons. The third-order valence-electron chi connectivity index (χ3n) is 5.57. The summed E-state index contributed by atoms with van der Waals surface area (Å²) in [6, 6.07) is 8.37. The molecule has 170 valence electrons. The van der Waals surface area contributed by atoms with Gasteiger partial charge in [-0.15, -0.1) is 24.0 Å². The number of anilines is 1. The van der Waals surface area contributed by atoms with E-state index in [1.54, 1.807) is 7.11 Å². The molecule has 7 nitrogen and oxygen atoms in total. The van der Waals surface area contributed by atoms with Gasteiger partial charge < -0.3 is 25.0 Å². The van der Waals surface area contributed by atoms with Gasteiger partial charge >= 0.3 is 0 Å². The fraction of sp³-hybridized carbons (Fsp3) is 0.682. The lowest BCUT2D eigenvalue weighted by atomic mass is 10.2. The summed E-state index contributed by atoms with van der Waals surface area (Å²) in [6.07, 6.45) is 3.71. The summed E-state index contributed by atoms with van der Waals surface area (Å²) >= 11 is 0. The van der Waals surface area contributed by atoms with Crippen molar-refractivity contribution in [1.29, 1.82) is 0 Å². The number of guanidine groups is 1. The van der Waals surface area contributed by atoms with Gasteiger partial charge in [0, 0.05) is 51.6 Å². The smallest absolute Gasteiger partial charge is 0.191 e. The molecule has 2 aliphatic rings. The Balaban J connectivity index is 0.00000320. The normalized spacial score (nSPS) is 20.0. The number of ether oxygens (including phenoxy) is 2. The molecule has 0 saturated carbocycles. The molecular weight excluding hydrogens is 493 g/mol. The van der Waals surface area contributed by atoms with E-state index >= 15 is 0 Å². The third-order valence-corrected chi connectivity index (χ3v) is 5.57. The van der Waals surface area contributed by atoms with Crippen molar-refractivity contribution in [1.82, 2.24) is 15.5 Å². The minimum atomic E-state index is 0. The highest BCUT2D eigenvalue weighted by atomic mass is 127. The molecule has 3 rings (SSSR count). The van der Waals surface area contributed by atoms with E-state index in [0.717, 1.165) is 89.9 Å². The first-order valence-corrected chi connectivity index (χ1v) is 11.0. The Morgan fingerprint density at radius 2 is 1.93 bits per heavy atom. The molecule has 0 amide bonds.